The molecular formula is C11H23LiN2. The normalized spacial score (nSPS) is 11.4. The van der Waals surface area contributed by atoms with Crippen molar-refractivity contribution < 1.29 is 18.9 Å². The molecule has 2 nitrogen and oxygen atoms in total. The van der Waals surface area contributed by atoms with Gasteiger partial charge in [-0.15, -0.1) is 12.6 Å². The second kappa shape index (κ2) is 11.2. The maximum absolute atomic E-state index is 4.52. The van der Waals surface area contributed by atoms with Gasteiger partial charge >= 0.3 is 18.9 Å². The van der Waals surface area contributed by atoms with Crippen LogP contribution in [0, 0.1) is 0 Å². The Balaban J connectivity index is 0. The van der Waals surface area contributed by atoms with Crippen molar-refractivity contribution in [3.8, 4) is 0 Å². The van der Waals surface area contributed by atoms with Crippen LogP contribution in [0.5, 0.6) is 0 Å². The Morgan fingerprint density at radius 2 is 1.79 bits per heavy atom. The molecule has 78 valence electrons. The number of hydrogen-bond donors (Lipinski definition) is 0. The quantitative estimate of drug-likeness (QED) is 0.517. The van der Waals surface area contributed by atoms with Gasteiger partial charge in [-0.3, -0.25) is 0 Å². The largest absolute Gasteiger partial charge is 1.00 e. The van der Waals surface area contributed by atoms with Crippen LogP contribution in [0.2, 0.25) is 0 Å². The Morgan fingerprint density at radius 3 is 2.14 bits per heavy atom. The number of allylic oxidation sites excluding steroid dienone is 2. The van der Waals surface area contributed by atoms with Crippen LogP contribution in [0.1, 0.15) is 34.1 Å². The van der Waals surface area contributed by atoms with Crippen LogP contribution in [0.25, 0.3) is 5.32 Å². The van der Waals surface area contributed by atoms with Crippen molar-refractivity contribution in [1.29, 1.82) is 0 Å². The van der Waals surface area contributed by atoms with Gasteiger partial charge < -0.3 is 10.2 Å². The first-order valence-electron chi connectivity index (χ1n) is 5.33. The minimum atomic E-state index is 0. The van der Waals surface area contributed by atoms with Gasteiger partial charge in [0.1, 0.15) is 0 Å². The number of hydrogen-bond acceptors (Lipinski definition) is 1. The SMILES string of the molecule is C/C=C(/CC)[N-]CCN(CC)CC.[Li+]. The van der Waals surface area contributed by atoms with E-state index in [0.29, 0.717) is 0 Å². The van der Waals surface area contributed by atoms with Gasteiger partial charge in [-0.2, -0.15) is 5.70 Å². The van der Waals surface area contributed by atoms with E-state index >= 15 is 0 Å². The Labute approximate surface area is 101 Å². The second-order valence-electron chi connectivity index (χ2n) is 3.04. The van der Waals surface area contributed by atoms with Gasteiger partial charge in [0.25, 0.3) is 0 Å². The molecule has 0 fully saturated rings. The summed E-state index contributed by atoms with van der Waals surface area (Å²) in [5.74, 6) is 0. The number of likely N-dealkylation sites (N-methyl/N-ethyl adjacent to an activating group) is 1. The number of rotatable bonds is 7. The van der Waals surface area contributed by atoms with E-state index in [1.54, 1.807) is 0 Å². The Bertz CT molecular complexity index is 142. The van der Waals surface area contributed by atoms with E-state index in [0.717, 1.165) is 32.6 Å². The van der Waals surface area contributed by atoms with Crippen LogP contribution in [0.3, 0.4) is 0 Å². The van der Waals surface area contributed by atoms with E-state index in [4.69, 9.17) is 0 Å². The zero-order chi connectivity index (χ0) is 10.1. The van der Waals surface area contributed by atoms with Gasteiger partial charge in [0, 0.05) is 0 Å². The summed E-state index contributed by atoms with van der Waals surface area (Å²) in [7, 11) is 0. The first-order valence-corrected chi connectivity index (χ1v) is 5.33. The first-order chi connectivity index (χ1) is 6.28. The fourth-order valence-electron chi connectivity index (χ4n) is 1.28. The molecule has 0 N–H and O–H groups in total. The van der Waals surface area contributed by atoms with Crippen molar-refractivity contribution in [2.45, 2.75) is 34.1 Å². The average Bonchev–Trinajstić information content (AvgIpc) is 2.19. The fourth-order valence-corrected chi connectivity index (χ4v) is 1.28. The van der Waals surface area contributed by atoms with Crippen molar-refractivity contribution in [2.75, 3.05) is 26.2 Å². The number of nitrogens with zero attached hydrogens (tertiary/aromatic N) is 2. The van der Waals surface area contributed by atoms with E-state index in [-0.39, 0.29) is 18.9 Å². The summed E-state index contributed by atoms with van der Waals surface area (Å²) < 4.78 is 0. The summed E-state index contributed by atoms with van der Waals surface area (Å²) in [5.41, 5.74) is 1.23. The Morgan fingerprint density at radius 1 is 1.21 bits per heavy atom. The van der Waals surface area contributed by atoms with Crippen LogP contribution >= 0.6 is 0 Å². The minimum Gasteiger partial charge on any atom is -0.687 e. The van der Waals surface area contributed by atoms with Gasteiger partial charge in [0.05, 0.1) is 0 Å². The molecule has 0 aromatic rings. The summed E-state index contributed by atoms with van der Waals surface area (Å²) >= 11 is 0. The van der Waals surface area contributed by atoms with E-state index in [2.05, 4.69) is 44.0 Å². The summed E-state index contributed by atoms with van der Waals surface area (Å²) in [6.45, 7) is 12.9. The molecule has 0 amide bonds. The molecule has 0 aliphatic rings. The molecule has 0 aromatic heterocycles. The summed E-state index contributed by atoms with van der Waals surface area (Å²) in [5, 5.41) is 4.52. The van der Waals surface area contributed by atoms with Crippen LogP contribution in [0.15, 0.2) is 11.8 Å². The average molecular weight is 190 g/mol. The van der Waals surface area contributed by atoms with Crippen LogP contribution in [0.4, 0.5) is 0 Å². The molecule has 0 aliphatic carbocycles. The molecule has 0 heterocycles. The van der Waals surface area contributed by atoms with Crippen molar-refractivity contribution in [3.63, 3.8) is 0 Å². The third-order valence-electron chi connectivity index (χ3n) is 2.32. The molecule has 0 saturated heterocycles. The zero-order valence-corrected chi connectivity index (χ0v) is 10.5. The second-order valence-corrected chi connectivity index (χ2v) is 3.04. The smallest absolute Gasteiger partial charge is 0.687 e. The summed E-state index contributed by atoms with van der Waals surface area (Å²) in [4.78, 5) is 2.40. The molecular weight excluding hydrogens is 167 g/mol. The predicted octanol–water partition coefficient (Wildman–Crippen LogP) is 0.0197. The molecule has 0 saturated carbocycles. The topological polar surface area (TPSA) is 17.3 Å². The molecule has 14 heavy (non-hydrogen) atoms. The van der Waals surface area contributed by atoms with Crippen LogP contribution < -0.4 is 18.9 Å². The molecule has 0 rings (SSSR count). The van der Waals surface area contributed by atoms with Gasteiger partial charge in [-0.1, -0.05) is 27.2 Å². The molecule has 0 aliphatic heterocycles. The van der Waals surface area contributed by atoms with Crippen molar-refractivity contribution in [3.05, 3.63) is 17.1 Å². The minimum absolute atomic E-state index is 0. The predicted molar refractivity (Wildman–Crippen MR) is 60.1 cm³/mol. The Kier molecular flexibility index (Phi) is 13.2. The standard InChI is InChI=1S/C11H23N2.Li/c1-5-11(6-2)12-9-10-13(7-3)8-4;/h5H,6-10H2,1-4H3;/q-1;+1/b11-5-;. The van der Waals surface area contributed by atoms with Crippen molar-refractivity contribution in [1.82, 2.24) is 4.90 Å². The third-order valence-corrected chi connectivity index (χ3v) is 2.32. The van der Waals surface area contributed by atoms with Gasteiger partial charge in [0.2, 0.25) is 0 Å². The molecule has 0 spiro atoms. The maximum Gasteiger partial charge on any atom is 1.00 e. The van der Waals surface area contributed by atoms with E-state index in [9.17, 15) is 0 Å². The van der Waals surface area contributed by atoms with Gasteiger partial charge in [-0.05, 0) is 26.6 Å². The molecule has 0 unspecified atom stereocenters. The fraction of sp³-hybridized carbons (Fsp3) is 0.818. The molecule has 3 heteroatoms. The maximum atomic E-state index is 4.52. The third kappa shape index (κ3) is 7.50. The summed E-state index contributed by atoms with van der Waals surface area (Å²) in [6, 6.07) is 0. The van der Waals surface area contributed by atoms with E-state index in [1.807, 2.05) is 0 Å². The van der Waals surface area contributed by atoms with E-state index < -0.39 is 0 Å². The molecule has 0 radical (unpaired) electrons. The van der Waals surface area contributed by atoms with Crippen molar-refractivity contribution >= 4 is 0 Å². The monoisotopic (exact) mass is 190 g/mol. The van der Waals surface area contributed by atoms with E-state index in [1.165, 1.54) is 5.70 Å². The van der Waals surface area contributed by atoms with Gasteiger partial charge in [0.15, 0.2) is 0 Å². The zero-order valence-electron chi connectivity index (χ0n) is 10.5. The molecule has 0 atom stereocenters. The summed E-state index contributed by atoms with van der Waals surface area (Å²) in [6.07, 6.45) is 3.15. The van der Waals surface area contributed by atoms with Crippen molar-refractivity contribution in [2.24, 2.45) is 0 Å². The molecule has 0 aromatic carbocycles. The first kappa shape index (κ1) is 16.5. The van der Waals surface area contributed by atoms with Crippen LogP contribution in [-0.4, -0.2) is 31.1 Å². The van der Waals surface area contributed by atoms with Crippen LogP contribution in [-0.2, 0) is 0 Å². The Hall–Kier alpha value is 0.0974. The molecule has 0 bridgehead atoms. The van der Waals surface area contributed by atoms with Gasteiger partial charge in [-0.25, -0.2) is 0 Å².